The highest BCUT2D eigenvalue weighted by molar-refractivity contribution is 8.04. The molecule has 1 N–H and O–H groups in total. The van der Waals surface area contributed by atoms with E-state index < -0.39 is 5.97 Å². The van der Waals surface area contributed by atoms with Gasteiger partial charge in [-0.25, -0.2) is 4.79 Å². The van der Waals surface area contributed by atoms with Gasteiger partial charge in [-0.05, 0) is 0 Å². The summed E-state index contributed by atoms with van der Waals surface area (Å²) in [4.78, 5) is 12.5. The minimum absolute atomic E-state index is 0.428. The van der Waals surface area contributed by atoms with Gasteiger partial charge in [-0.1, -0.05) is 11.8 Å². The zero-order valence-corrected chi connectivity index (χ0v) is 5.81. The van der Waals surface area contributed by atoms with Gasteiger partial charge >= 0.3 is 5.97 Å². The number of carboxylic acid groups (broad SMARTS) is 1. The summed E-state index contributed by atoms with van der Waals surface area (Å²) in [7, 11) is 1.85. The molecule has 4 heteroatoms. The van der Waals surface area contributed by atoms with Gasteiger partial charge in [0.25, 0.3) is 0 Å². The maximum absolute atomic E-state index is 10.2. The van der Waals surface area contributed by atoms with E-state index in [1.165, 1.54) is 11.8 Å². The maximum Gasteiger partial charge on any atom is 0.343 e. The number of carboxylic acids is 1. The average molecular weight is 145 g/mol. The van der Waals surface area contributed by atoms with Crippen molar-refractivity contribution in [1.29, 1.82) is 0 Å². The van der Waals surface area contributed by atoms with Crippen LogP contribution in [0.25, 0.3) is 0 Å². The quantitative estimate of drug-likeness (QED) is 0.585. The molecule has 1 aliphatic heterocycles. The van der Waals surface area contributed by atoms with Gasteiger partial charge in [0.05, 0.1) is 5.88 Å². The minimum Gasteiger partial charge on any atom is -0.477 e. The molecule has 0 aromatic rings. The highest BCUT2D eigenvalue weighted by Gasteiger charge is 2.14. The monoisotopic (exact) mass is 145 g/mol. The van der Waals surface area contributed by atoms with Crippen LogP contribution >= 0.6 is 11.8 Å². The van der Waals surface area contributed by atoms with Gasteiger partial charge in [0.2, 0.25) is 0 Å². The van der Waals surface area contributed by atoms with Crippen LogP contribution in [0.1, 0.15) is 0 Å². The number of thioether (sulfide) groups is 1. The number of carbonyl (C=O) groups is 1. The smallest absolute Gasteiger partial charge is 0.343 e. The average Bonchev–Trinajstić information content (AvgIpc) is 2.14. The first-order valence-electron chi connectivity index (χ1n) is 2.48. The Morgan fingerprint density at radius 2 is 2.67 bits per heavy atom. The van der Waals surface area contributed by atoms with Crippen LogP contribution in [0.5, 0.6) is 0 Å². The van der Waals surface area contributed by atoms with E-state index in [4.69, 9.17) is 5.11 Å². The van der Waals surface area contributed by atoms with E-state index in [2.05, 4.69) is 0 Å². The Bertz CT molecular complexity index is 166. The number of nitrogens with zero attached hydrogens (tertiary/aromatic N) is 1. The van der Waals surface area contributed by atoms with Crippen molar-refractivity contribution in [3.05, 3.63) is 11.1 Å². The molecule has 0 fully saturated rings. The van der Waals surface area contributed by atoms with Crippen LogP contribution < -0.4 is 0 Å². The van der Waals surface area contributed by atoms with Crippen LogP contribution in [0.2, 0.25) is 0 Å². The molecule has 0 aliphatic carbocycles. The summed E-state index contributed by atoms with van der Waals surface area (Å²) < 4.78 is 0. The van der Waals surface area contributed by atoms with Crippen molar-refractivity contribution in [2.75, 3.05) is 12.9 Å². The first-order valence-corrected chi connectivity index (χ1v) is 3.47. The van der Waals surface area contributed by atoms with Crippen molar-refractivity contribution in [1.82, 2.24) is 4.90 Å². The van der Waals surface area contributed by atoms with Crippen molar-refractivity contribution in [3.63, 3.8) is 0 Å². The zero-order valence-electron chi connectivity index (χ0n) is 5.00. The summed E-state index contributed by atoms with van der Waals surface area (Å²) in [5, 5.41) is 8.42. The topological polar surface area (TPSA) is 40.5 Å². The second-order valence-corrected chi connectivity index (χ2v) is 2.82. The third-order valence-corrected chi connectivity index (χ3v) is 2.10. The van der Waals surface area contributed by atoms with Crippen molar-refractivity contribution in [2.45, 2.75) is 0 Å². The zero-order chi connectivity index (χ0) is 6.85. The Balaban J connectivity index is 2.62. The Kier molecular flexibility index (Phi) is 1.66. The summed E-state index contributed by atoms with van der Waals surface area (Å²) in [6.45, 7) is 0. The fraction of sp³-hybridized carbons (Fsp3) is 0.400. The molecule has 0 aromatic heterocycles. The lowest BCUT2D eigenvalue weighted by molar-refractivity contribution is -0.131. The summed E-state index contributed by atoms with van der Waals surface area (Å²) in [6, 6.07) is 0. The van der Waals surface area contributed by atoms with Crippen LogP contribution in [0, 0.1) is 0 Å². The number of aliphatic carboxylic acids is 1. The van der Waals surface area contributed by atoms with E-state index in [9.17, 15) is 4.79 Å². The molecule has 3 nitrogen and oxygen atoms in total. The fourth-order valence-corrected chi connectivity index (χ4v) is 1.36. The highest BCUT2D eigenvalue weighted by Crippen LogP contribution is 2.23. The van der Waals surface area contributed by atoms with E-state index in [0.717, 1.165) is 5.88 Å². The molecule has 0 amide bonds. The predicted molar refractivity (Wildman–Crippen MR) is 35.9 cm³/mol. The normalized spacial score (nSPS) is 17.9. The molecule has 0 unspecified atom stereocenters. The van der Waals surface area contributed by atoms with Gasteiger partial charge in [0.1, 0.15) is 4.91 Å². The lowest BCUT2D eigenvalue weighted by Crippen LogP contribution is -2.03. The lowest BCUT2D eigenvalue weighted by Gasteiger charge is -2.00. The molecule has 0 bridgehead atoms. The van der Waals surface area contributed by atoms with Crippen LogP contribution in [0.15, 0.2) is 11.1 Å². The number of rotatable bonds is 1. The molecular weight excluding hydrogens is 138 g/mol. The Morgan fingerprint density at radius 3 is 2.89 bits per heavy atom. The van der Waals surface area contributed by atoms with Crippen LogP contribution in [-0.2, 0) is 4.79 Å². The molecule has 1 heterocycles. The maximum atomic E-state index is 10.2. The van der Waals surface area contributed by atoms with Crippen molar-refractivity contribution in [3.8, 4) is 0 Å². The second kappa shape index (κ2) is 2.31. The third kappa shape index (κ3) is 1.38. The molecule has 0 saturated carbocycles. The molecule has 0 radical (unpaired) electrons. The van der Waals surface area contributed by atoms with Crippen molar-refractivity contribution < 1.29 is 9.90 Å². The summed E-state index contributed by atoms with van der Waals surface area (Å²) in [6.07, 6.45) is 1.63. The van der Waals surface area contributed by atoms with Gasteiger partial charge in [0.15, 0.2) is 0 Å². The number of hydrogen-bond acceptors (Lipinski definition) is 3. The molecule has 0 aromatic carbocycles. The third-order valence-electron chi connectivity index (χ3n) is 0.972. The van der Waals surface area contributed by atoms with Crippen molar-refractivity contribution >= 4 is 17.7 Å². The van der Waals surface area contributed by atoms with Gasteiger partial charge in [-0.2, -0.15) is 0 Å². The van der Waals surface area contributed by atoms with Crippen LogP contribution in [0.4, 0.5) is 0 Å². The molecule has 9 heavy (non-hydrogen) atoms. The molecule has 0 saturated heterocycles. The van der Waals surface area contributed by atoms with E-state index in [-0.39, 0.29) is 0 Å². The standard InChI is InChI=1S/C5H7NO2S/c1-6-2-4(5(7)8)9-3-6/h2H,3H2,1H3,(H,7,8). The molecule has 50 valence electrons. The molecule has 1 aliphatic rings. The summed E-state index contributed by atoms with van der Waals surface area (Å²) in [5.74, 6) is -0.0777. The van der Waals surface area contributed by atoms with E-state index in [1.807, 2.05) is 11.9 Å². The molecule has 0 spiro atoms. The summed E-state index contributed by atoms with van der Waals surface area (Å²) in [5.41, 5.74) is 0. The van der Waals surface area contributed by atoms with Gasteiger partial charge in [0, 0.05) is 13.2 Å². The first-order chi connectivity index (χ1) is 4.20. The molecule has 0 atom stereocenters. The van der Waals surface area contributed by atoms with Gasteiger partial charge in [-0.15, -0.1) is 0 Å². The van der Waals surface area contributed by atoms with E-state index in [1.54, 1.807) is 6.20 Å². The first kappa shape index (κ1) is 6.48. The Hall–Kier alpha value is -0.640. The SMILES string of the molecule is CN1C=C(C(=O)O)SC1. The fourth-order valence-electron chi connectivity index (χ4n) is 0.563. The highest BCUT2D eigenvalue weighted by atomic mass is 32.2. The van der Waals surface area contributed by atoms with Crippen LogP contribution in [-0.4, -0.2) is 28.9 Å². The van der Waals surface area contributed by atoms with Crippen LogP contribution in [0.3, 0.4) is 0 Å². The second-order valence-electron chi connectivity index (χ2n) is 1.83. The predicted octanol–water partition coefficient (Wildman–Crippen LogP) is 0.548. The van der Waals surface area contributed by atoms with Crippen molar-refractivity contribution in [2.24, 2.45) is 0 Å². The summed E-state index contributed by atoms with van der Waals surface area (Å²) >= 11 is 1.35. The Morgan fingerprint density at radius 1 is 2.00 bits per heavy atom. The largest absolute Gasteiger partial charge is 0.477 e. The number of hydrogen-bond donors (Lipinski definition) is 1. The van der Waals surface area contributed by atoms with E-state index >= 15 is 0 Å². The Labute approximate surface area is 57.3 Å². The molecule has 1 rings (SSSR count). The minimum atomic E-state index is -0.829. The van der Waals surface area contributed by atoms with Gasteiger partial charge in [-0.3, -0.25) is 0 Å². The lowest BCUT2D eigenvalue weighted by atomic mass is 10.6. The van der Waals surface area contributed by atoms with Gasteiger partial charge < -0.3 is 10.0 Å². The van der Waals surface area contributed by atoms with E-state index in [0.29, 0.717) is 4.91 Å². The molecular formula is C5H7NO2S.